The first-order valence-electron chi connectivity index (χ1n) is 8.73. The van der Waals surface area contributed by atoms with Gasteiger partial charge in [0, 0.05) is 23.5 Å². The van der Waals surface area contributed by atoms with Crippen molar-refractivity contribution in [3.05, 3.63) is 54.6 Å². The predicted molar refractivity (Wildman–Crippen MR) is 103 cm³/mol. The first-order chi connectivity index (χ1) is 13.0. The van der Waals surface area contributed by atoms with Crippen LogP contribution in [0.5, 0.6) is 0 Å². The number of aliphatic carboxylic acids is 1. The highest BCUT2D eigenvalue weighted by atomic mass is 16.4. The summed E-state index contributed by atoms with van der Waals surface area (Å²) in [5.74, 6) is -1.23. The number of urea groups is 1. The second-order valence-electron chi connectivity index (χ2n) is 6.69. The third-order valence-electron chi connectivity index (χ3n) is 4.72. The Bertz CT molecular complexity index is 830. The zero-order valence-electron chi connectivity index (χ0n) is 14.7. The number of para-hydroxylation sites is 1. The third-order valence-corrected chi connectivity index (χ3v) is 4.72. The molecule has 2 aromatic rings. The highest BCUT2D eigenvalue weighted by Gasteiger charge is 2.45. The average Bonchev–Trinajstić information content (AvgIpc) is 2.60. The Morgan fingerprint density at radius 1 is 0.815 bits per heavy atom. The molecule has 7 nitrogen and oxygen atoms in total. The lowest BCUT2D eigenvalue weighted by Crippen LogP contribution is -2.41. The summed E-state index contributed by atoms with van der Waals surface area (Å²) in [6.45, 7) is 0. The molecular weight excluding hydrogens is 346 g/mol. The maximum Gasteiger partial charge on any atom is 0.323 e. The van der Waals surface area contributed by atoms with E-state index in [2.05, 4.69) is 16.0 Å². The molecule has 1 aliphatic carbocycles. The first-order valence-corrected chi connectivity index (χ1v) is 8.73. The fourth-order valence-electron chi connectivity index (χ4n) is 3.03. The second-order valence-corrected chi connectivity index (χ2v) is 6.69. The molecule has 0 heterocycles. The molecule has 0 unspecified atom stereocenters. The van der Waals surface area contributed by atoms with Crippen LogP contribution in [0.25, 0.3) is 0 Å². The summed E-state index contributed by atoms with van der Waals surface area (Å²) < 4.78 is 0. The minimum absolute atomic E-state index is 0.0260. The lowest BCUT2D eigenvalue weighted by Gasteiger charge is -2.36. The maximum atomic E-state index is 12.1. The number of carboxylic acids is 1. The van der Waals surface area contributed by atoms with Crippen molar-refractivity contribution in [2.45, 2.75) is 25.7 Å². The zero-order valence-corrected chi connectivity index (χ0v) is 14.7. The fourth-order valence-corrected chi connectivity index (χ4v) is 3.03. The highest BCUT2D eigenvalue weighted by Crippen LogP contribution is 2.44. The van der Waals surface area contributed by atoms with Crippen molar-refractivity contribution >= 4 is 35.0 Å². The quantitative estimate of drug-likeness (QED) is 0.621. The molecule has 140 valence electrons. The minimum atomic E-state index is -0.916. The Kier molecular flexibility index (Phi) is 5.40. The summed E-state index contributed by atoms with van der Waals surface area (Å²) >= 11 is 0. The number of carboxylic acid groups (broad SMARTS) is 1. The van der Waals surface area contributed by atoms with Crippen LogP contribution in [0.2, 0.25) is 0 Å². The predicted octanol–water partition coefficient (Wildman–Crippen LogP) is 3.91. The van der Waals surface area contributed by atoms with Gasteiger partial charge in [0.1, 0.15) is 0 Å². The van der Waals surface area contributed by atoms with Gasteiger partial charge in [-0.1, -0.05) is 24.6 Å². The smallest absolute Gasteiger partial charge is 0.323 e. The summed E-state index contributed by atoms with van der Waals surface area (Å²) in [5.41, 5.74) is 0.889. The van der Waals surface area contributed by atoms with E-state index in [-0.39, 0.29) is 18.4 Å². The molecule has 0 radical (unpaired) electrons. The number of hydrogen-bond donors (Lipinski definition) is 4. The number of carbonyl (C=O) groups excluding carboxylic acids is 2. The maximum absolute atomic E-state index is 12.1. The zero-order chi connectivity index (χ0) is 19.3. The molecule has 1 saturated carbocycles. The van der Waals surface area contributed by atoms with Crippen molar-refractivity contribution in [1.82, 2.24) is 0 Å². The van der Waals surface area contributed by atoms with E-state index in [4.69, 9.17) is 0 Å². The van der Waals surface area contributed by atoms with Gasteiger partial charge in [-0.3, -0.25) is 9.59 Å². The van der Waals surface area contributed by atoms with Gasteiger partial charge in [0.2, 0.25) is 5.91 Å². The normalized spacial score (nSPS) is 14.5. The van der Waals surface area contributed by atoms with E-state index in [1.54, 1.807) is 36.4 Å². The van der Waals surface area contributed by atoms with Gasteiger partial charge in [0.25, 0.3) is 0 Å². The number of anilines is 3. The van der Waals surface area contributed by atoms with Crippen molar-refractivity contribution in [2.24, 2.45) is 5.41 Å². The Labute approximate surface area is 156 Å². The number of hydrogen-bond acceptors (Lipinski definition) is 3. The van der Waals surface area contributed by atoms with E-state index in [0.717, 1.165) is 6.42 Å². The molecule has 0 aromatic heterocycles. The van der Waals surface area contributed by atoms with Gasteiger partial charge < -0.3 is 21.1 Å². The van der Waals surface area contributed by atoms with Crippen LogP contribution in [0.4, 0.5) is 21.9 Å². The Morgan fingerprint density at radius 2 is 1.33 bits per heavy atom. The highest BCUT2D eigenvalue weighted by molar-refractivity contribution is 6.00. The largest absolute Gasteiger partial charge is 0.481 e. The van der Waals surface area contributed by atoms with Crippen LogP contribution in [-0.4, -0.2) is 23.0 Å². The van der Waals surface area contributed by atoms with Gasteiger partial charge in [0.05, 0.1) is 5.41 Å². The number of nitrogens with one attached hydrogen (secondary N) is 3. The standard InChI is InChI=1S/C20H21N3O4/c24-17(13-20(18(25)26)11-4-12-20)21-15-7-9-16(10-8-15)23-19(27)22-14-5-2-1-3-6-14/h1-3,5-10H,4,11-13H2,(H,21,24)(H,25,26)(H2,22,23,27). The molecule has 2 aromatic carbocycles. The van der Waals surface area contributed by atoms with Crippen molar-refractivity contribution in [3.8, 4) is 0 Å². The molecule has 1 fully saturated rings. The van der Waals surface area contributed by atoms with E-state index in [0.29, 0.717) is 29.9 Å². The molecule has 27 heavy (non-hydrogen) atoms. The van der Waals surface area contributed by atoms with Crippen molar-refractivity contribution < 1.29 is 19.5 Å². The van der Waals surface area contributed by atoms with E-state index in [1.165, 1.54) is 0 Å². The molecule has 0 spiro atoms. The van der Waals surface area contributed by atoms with E-state index in [1.807, 2.05) is 18.2 Å². The summed E-state index contributed by atoms with van der Waals surface area (Å²) in [7, 11) is 0. The Balaban J connectivity index is 1.52. The first kappa shape index (κ1) is 18.4. The van der Waals surface area contributed by atoms with Gasteiger partial charge >= 0.3 is 12.0 Å². The summed E-state index contributed by atoms with van der Waals surface area (Å²) in [4.78, 5) is 35.4. The fraction of sp³-hybridized carbons (Fsp3) is 0.250. The number of benzene rings is 2. The van der Waals surface area contributed by atoms with E-state index in [9.17, 15) is 19.5 Å². The molecule has 3 amide bonds. The minimum Gasteiger partial charge on any atom is -0.481 e. The van der Waals surface area contributed by atoms with Crippen LogP contribution >= 0.6 is 0 Å². The van der Waals surface area contributed by atoms with E-state index < -0.39 is 11.4 Å². The molecule has 0 bridgehead atoms. The molecule has 0 atom stereocenters. The molecule has 0 saturated heterocycles. The monoisotopic (exact) mass is 367 g/mol. The number of carbonyl (C=O) groups is 3. The summed E-state index contributed by atoms with van der Waals surface area (Å²) in [6.07, 6.45) is 1.89. The van der Waals surface area contributed by atoms with Gasteiger partial charge in [-0.05, 0) is 49.2 Å². The molecule has 1 aliphatic rings. The van der Waals surface area contributed by atoms with Gasteiger partial charge in [-0.15, -0.1) is 0 Å². The summed E-state index contributed by atoms with van der Waals surface area (Å²) in [5, 5.41) is 17.4. The average molecular weight is 367 g/mol. The van der Waals surface area contributed by atoms with Crippen LogP contribution < -0.4 is 16.0 Å². The lowest BCUT2D eigenvalue weighted by atomic mass is 9.66. The lowest BCUT2D eigenvalue weighted by molar-refractivity contribution is -0.157. The Hall–Kier alpha value is -3.35. The molecule has 0 aliphatic heterocycles. The second kappa shape index (κ2) is 7.90. The summed E-state index contributed by atoms with van der Waals surface area (Å²) in [6, 6.07) is 15.3. The topological polar surface area (TPSA) is 108 Å². The third kappa shape index (κ3) is 4.63. The van der Waals surface area contributed by atoms with Crippen molar-refractivity contribution in [2.75, 3.05) is 16.0 Å². The number of rotatable bonds is 6. The molecular formula is C20H21N3O4. The van der Waals surface area contributed by atoms with Crippen LogP contribution in [-0.2, 0) is 9.59 Å². The van der Waals surface area contributed by atoms with Crippen molar-refractivity contribution in [3.63, 3.8) is 0 Å². The van der Waals surface area contributed by atoms with Crippen LogP contribution in [0.15, 0.2) is 54.6 Å². The van der Waals surface area contributed by atoms with Crippen LogP contribution in [0.3, 0.4) is 0 Å². The van der Waals surface area contributed by atoms with E-state index >= 15 is 0 Å². The van der Waals surface area contributed by atoms with Gasteiger partial charge in [-0.25, -0.2) is 4.79 Å². The number of amides is 3. The van der Waals surface area contributed by atoms with Crippen LogP contribution in [0, 0.1) is 5.41 Å². The Morgan fingerprint density at radius 3 is 1.81 bits per heavy atom. The van der Waals surface area contributed by atoms with Gasteiger partial charge in [0.15, 0.2) is 0 Å². The molecule has 3 rings (SSSR count). The SMILES string of the molecule is O=C(CC1(C(=O)O)CCC1)Nc1ccc(NC(=O)Nc2ccccc2)cc1. The van der Waals surface area contributed by atoms with Crippen molar-refractivity contribution in [1.29, 1.82) is 0 Å². The molecule has 7 heteroatoms. The molecule has 4 N–H and O–H groups in total. The van der Waals surface area contributed by atoms with Gasteiger partial charge in [-0.2, -0.15) is 0 Å². The van der Waals surface area contributed by atoms with Crippen LogP contribution in [0.1, 0.15) is 25.7 Å².